The van der Waals surface area contributed by atoms with Crippen molar-refractivity contribution in [2.24, 2.45) is 0 Å². The van der Waals surface area contributed by atoms with E-state index in [4.69, 9.17) is 5.21 Å². The molecule has 3 rings (SSSR count). The van der Waals surface area contributed by atoms with Gasteiger partial charge in [0.05, 0.1) is 17.2 Å². The molecule has 2 aromatic carbocycles. The number of halogens is 1. The summed E-state index contributed by atoms with van der Waals surface area (Å²) in [5.41, 5.74) is 3.06. The fourth-order valence-corrected chi connectivity index (χ4v) is 4.06. The van der Waals surface area contributed by atoms with Crippen LogP contribution in [0.1, 0.15) is 18.9 Å². The van der Waals surface area contributed by atoms with Crippen molar-refractivity contribution in [1.82, 2.24) is 15.0 Å². The fourth-order valence-electron chi connectivity index (χ4n) is 3.21. The van der Waals surface area contributed by atoms with Crippen LogP contribution in [0, 0.1) is 12.7 Å². The Balaban J connectivity index is 2.00. The topological polar surface area (TPSA) is 118 Å². The smallest absolute Gasteiger partial charge is 0.264 e. The fraction of sp³-hybridized carbons (Fsp3) is 0.286. The molecule has 31 heavy (non-hydrogen) atoms. The van der Waals surface area contributed by atoms with Gasteiger partial charge in [0.25, 0.3) is 11.5 Å². The number of hydroxylamine groups is 1. The van der Waals surface area contributed by atoms with Gasteiger partial charge in [-0.3, -0.25) is 19.4 Å². The Bertz CT molecular complexity index is 1320. The lowest BCUT2D eigenvalue weighted by Crippen LogP contribution is -2.50. The van der Waals surface area contributed by atoms with Crippen LogP contribution >= 0.6 is 0 Å². The lowest BCUT2D eigenvalue weighted by molar-refractivity contribution is -0.131. The van der Waals surface area contributed by atoms with E-state index in [0.29, 0.717) is 11.1 Å². The highest BCUT2D eigenvalue weighted by Crippen LogP contribution is 2.26. The van der Waals surface area contributed by atoms with Gasteiger partial charge in [-0.2, -0.15) is 0 Å². The van der Waals surface area contributed by atoms with Crippen LogP contribution in [0.2, 0.25) is 0 Å². The molecule has 0 saturated carbocycles. The largest absolute Gasteiger partial charge is 0.299 e. The first-order valence-corrected chi connectivity index (χ1v) is 11.3. The molecular formula is C21H22FN3O5S. The predicted octanol–water partition coefficient (Wildman–Crippen LogP) is 2.21. The van der Waals surface area contributed by atoms with Crippen molar-refractivity contribution in [2.45, 2.75) is 31.6 Å². The number of fused-ring (bicyclic) bond motifs is 1. The first-order valence-electron chi connectivity index (χ1n) is 9.38. The maximum atomic E-state index is 14.8. The highest BCUT2D eigenvalue weighted by atomic mass is 32.2. The van der Waals surface area contributed by atoms with Crippen molar-refractivity contribution in [3.63, 3.8) is 0 Å². The summed E-state index contributed by atoms with van der Waals surface area (Å²) < 4.78 is 38.1. The molecule has 0 bridgehead atoms. The Morgan fingerprint density at radius 1 is 1.26 bits per heavy atom. The third-order valence-electron chi connectivity index (χ3n) is 5.51. The molecule has 3 aromatic rings. The normalized spacial score (nSPS) is 13.7. The third kappa shape index (κ3) is 4.21. The van der Waals surface area contributed by atoms with Gasteiger partial charge in [-0.25, -0.2) is 23.3 Å². The Hall–Kier alpha value is -3.11. The van der Waals surface area contributed by atoms with E-state index in [1.54, 1.807) is 12.1 Å². The summed E-state index contributed by atoms with van der Waals surface area (Å²) in [4.78, 5) is 29.0. The minimum Gasteiger partial charge on any atom is -0.299 e. The maximum absolute atomic E-state index is 14.8. The second-order valence-corrected chi connectivity index (χ2v) is 10.1. The summed E-state index contributed by atoms with van der Waals surface area (Å²) in [6.45, 7) is 2.89. The first-order chi connectivity index (χ1) is 14.5. The van der Waals surface area contributed by atoms with Gasteiger partial charge in [-0.15, -0.1) is 0 Å². The molecule has 0 saturated heterocycles. The van der Waals surface area contributed by atoms with Gasteiger partial charge in [0, 0.05) is 18.4 Å². The Labute approximate surface area is 178 Å². The molecule has 1 aromatic heterocycles. The van der Waals surface area contributed by atoms with Gasteiger partial charge in [-0.1, -0.05) is 29.8 Å². The molecule has 1 amide bonds. The van der Waals surface area contributed by atoms with Crippen LogP contribution in [-0.4, -0.2) is 40.1 Å². The number of nitrogens with zero attached hydrogens (tertiary/aromatic N) is 2. The Kier molecular flexibility index (Phi) is 5.97. The number of carbonyl (C=O) groups is 1. The second kappa shape index (κ2) is 8.20. The van der Waals surface area contributed by atoms with E-state index < -0.39 is 31.9 Å². The number of amides is 1. The molecule has 0 aliphatic rings. The van der Waals surface area contributed by atoms with Gasteiger partial charge in [-0.05, 0) is 38.0 Å². The van der Waals surface area contributed by atoms with Crippen LogP contribution in [0.4, 0.5) is 4.39 Å². The minimum atomic E-state index is -3.92. The highest BCUT2D eigenvalue weighted by molar-refractivity contribution is 7.92. The van der Waals surface area contributed by atoms with E-state index in [2.05, 4.69) is 4.98 Å². The van der Waals surface area contributed by atoms with Crippen LogP contribution in [0.3, 0.4) is 0 Å². The number of nitrogens with one attached hydrogen (secondary N) is 1. The third-order valence-corrected chi connectivity index (χ3v) is 7.53. The van der Waals surface area contributed by atoms with Gasteiger partial charge in [0.2, 0.25) is 0 Å². The second-order valence-electron chi connectivity index (χ2n) is 7.65. The Morgan fingerprint density at radius 3 is 2.48 bits per heavy atom. The molecule has 0 aliphatic carbocycles. The summed E-state index contributed by atoms with van der Waals surface area (Å²) in [5, 5.41) is 8.94. The zero-order chi connectivity index (χ0) is 23.0. The number of aromatic nitrogens is 2. The highest BCUT2D eigenvalue weighted by Gasteiger charge is 2.43. The van der Waals surface area contributed by atoms with Crippen LogP contribution in [0.25, 0.3) is 22.0 Å². The zero-order valence-corrected chi connectivity index (χ0v) is 18.0. The van der Waals surface area contributed by atoms with Crippen molar-refractivity contribution in [1.29, 1.82) is 0 Å². The number of benzene rings is 2. The van der Waals surface area contributed by atoms with Crippen molar-refractivity contribution in [3.05, 3.63) is 64.5 Å². The van der Waals surface area contributed by atoms with E-state index in [9.17, 15) is 22.4 Å². The summed E-state index contributed by atoms with van der Waals surface area (Å²) in [6, 6.07) is 9.85. The zero-order valence-electron chi connectivity index (χ0n) is 17.2. The van der Waals surface area contributed by atoms with Gasteiger partial charge < -0.3 is 0 Å². The van der Waals surface area contributed by atoms with Gasteiger partial charge >= 0.3 is 0 Å². The maximum Gasteiger partial charge on any atom is 0.264 e. The molecule has 0 radical (unpaired) electrons. The average molecular weight is 447 g/mol. The molecule has 164 valence electrons. The first kappa shape index (κ1) is 22.6. The quantitative estimate of drug-likeness (QED) is 0.442. The van der Waals surface area contributed by atoms with E-state index in [-0.39, 0.29) is 23.9 Å². The number of hydrogen-bond donors (Lipinski definition) is 2. The SMILES string of the molecule is Cc1ccc(-c2cc3ncn(CC[C@](C)(C(=O)NO)S(C)(=O)=O)c(=O)c3cc2F)cc1. The van der Waals surface area contributed by atoms with Gasteiger partial charge in [0.15, 0.2) is 14.6 Å². The number of rotatable bonds is 6. The summed E-state index contributed by atoms with van der Waals surface area (Å²) in [6.07, 6.45) is 1.79. The standard InChI is InChI=1S/C21H22FN3O5S/c1-13-4-6-14(7-5-13)15-11-18-16(10-17(15)22)19(26)25(12-23-18)9-8-21(2,20(27)24-28)31(3,29)30/h4-7,10-12,28H,8-9H2,1-3H3,(H,24,27)/t21-/m1/s1. The molecule has 0 fully saturated rings. The summed E-state index contributed by atoms with van der Waals surface area (Å²) in [5.74, 6) is -1.70. The molecule has 1 heterocycles. The lowest BCUT2D eigenvalue weighted by atomic mass is 10.0. The van der Waals surface area contributed by atoms with Crippen LogP contribution in [-0.2, 0) is 21.2 Å². The molecule has 0 aliphatic heterocycles. The molecule has 0 spiro atoms. The van der Waals surface area contributed by atoms with Crippen LogP contribution in [0.5, 0.6) is 0 Å². The van der Waals surface area contributed by atoms with Crippen LogP contribution < -0.4 is 11.0 Å². The van der Waals surface area contributed by atoms with E-state index >= 15 is 0 Å². The minimum absolute atomic E-state index is 0.0310. The molecule has 10 heteroatoms. The van der Waals surface area contributed by atoms with E-state index in [1.165, 1.54) is 17.9 Å². The van der Waals surface area contributed by atoms with Crippen LogP contribution in [0.15, 0.2) is 47.5 Å². The molecular weight excluding hydrogens is 425 g/mol. The molecule has 8 nitrogen and oxygen atoms in total. The summed E-state index contributed by atoms with van der Waals surface area (Å²) in [7, 11) is -3.92. The van der Waals surface area contributed by atoms with Crippen molar-refractivity contribution < 1.29 is 22.8 Å². The number of aryl methyl sites for hydroxylation is 2. The number of hydrogen-bond acceptors (Lipinski definition) is 6. The van der Waals surface area contributed by atoms with Crippen molar-refractivity contribution in [3.8, 4) is 11.1 Å². The molecule has 1 atom stereocenters. The van der Waals surface area contributed by atoms with Crippen molar-refractivity contribution in [2.75, 3.05) is 6.26 Å². The predicted molar refractivity (Wildman–Crippen MR) is 114 cm³/mol. The molecule has 2 N–H and O–H groups in total. The number of sulfone groups is 1. The average Bonchev–Trinajstić information content (AvgIpc) is 2.72. The van der Waals surface area contributed by atoms with Gasteiger partial charge in [0.1, 0.15) is 5.82 Å². The monoisotopic (exact) mass is 447 g/mol. The van der Waals surface area contributed by atoms with E-state index in [1.807, 2.05) is 19.1 Å². The molecule has 0 unspecified atom stereocenters. The number of carbonyl (C=O) groups excluding carboxylic acids is 1. The van der Waals surface area contributed by atoms with Crippen molar-refractivity contribution >= 4 is 26.6 Å². The summed E-state index contributed by atoms with van der Waals surface area (Å²) >= 11 is 0. The van der Waals surface area contributed by atoms with E-state index in [0.717, 1.165) is 29.4 Å². The Morgan fingerprint density at radius 2 is 1.90 bits per heavy atom. The lowest BCUT2D eigenvalue weighted by Gasteiger charge is -2.25.